The lowest BCUT2D eigenvalue weighted by molar-refractivity contribution is 0.0702. The number of amidine groups is 1. The number of nitrogens with one attached hydrogen (secondary N) is 1. The first-order chi connectivity index (χ1) is 9.11. The van der Waals surface area contributed by atoms with Gasteiger partial charge in [0.1, 0.15) is 5.75 Å². The minimum Gasteiger partial charge on any atom is -0.497 e. The molecule has 19 heavy (non-hydrogen) atoms. The highest BCUT2D eigenvalue weighted by molar-refractivity contribution is 5.95. The Labute approximate surface area is 112 Å². The van der Waals surface area contributed by atoms with E-state index < -0.39 is 0 Å². The molecule has 0 saturated carbocycles. The van der Waals surface area contributed by atoms with Gasteiger partial charge in [-0.05, 0) is 31.0 Å². The predicted molar refractivity (Wildman–Crippen MR) is 73.5 cm³/mol. The van der Waals surface area contributed by atoms with Gasteiger partial charge >= 0.3 is 0 Å². The Balaban J connectivity index is 2.12. The summed E-state index contributed by atoms with van der Waals surface area (Å²) < 4.78 is 5.13. The van der Waals surface area contributed by atoms with Crippen LogP contribution in [0.1, 0.15) is 23.2 Å². The summed E-state index contributed by atoms with van der Waals surface area (Å²) in [5, 5.41) is 7.51. The lowest BCUT2D eigenvalue weighted by Crippen LogP contribution is -2.43. The molecule has 1 fully saturated rings. The van der Waals surface area contributed by atoms with Gasteiger partial charge in [-0.2, -0.15) is 0 Å². The van der Waals surface area contributed by atoms with Gasteiger partial charge in [0.15, 0.2) is 0 Å². The smallest absolute Gasteiger partial charge is 0.254 e. The SMILES string of the molecule is COc1cccc(C(=O)N2CCC[C@H](C(=N)N)C2)c1. The number of rotatable bonds is 3. The number of nitrogens with two attached hydrogens (primary N) is 1. The molecule has 5 nitrogen and oxygen atoms in total. The molecule has 1 aliphatic rings. The number of benzene rings is 1. The van der Waals surface area contributed by atoms with Crippen molar-refractivity contribution < 1.29 is 9.53 Å². The predicted octanol–water partition coefficient (Wildman–Crippen LogP) is 1.48. The number of piperidine rings is 1. The Morgan fingerprint density at radius 3 is 3.00 bits per heavy atom. The first-order valence-electron chi connectivity index (χ1n) is 6.39. The van der Waals surface area contributed by atoms with Crippen molar-refractivity contribution in [3.05, 3.63) is 29.8 Å². The molecule has 0 unspecified atom stereocenters. The van der Waals surface area contributed by atoms with Gasteiger partial charge in [0.05, 0.1) is 12.9 Å². The zero-order valence-corrected chi connectivity index (χ0v) is 11.1. The lowest BCUT2D eigenvalue weighted by Gasteiger charge is -2.32. The summed E-state index contributed by atoms with van der Waals surface area (Å²) >= 11 is 0. The number of hydrogen-bond donors (Lipinski definition) is 2. The third-order valence-corrected chi connectivity index (χ3v) is 3.47. The molecule has 2 rings (SSSR count). The molecular formula is C14H19N3O2. The number of ether oxygens (including phenoxy) is 1. The Morgan fingerprint density at radius 2 is 2.32 bits per heavy atom. The highest BCUT2D eigenvalue weighted by Gasteiger charge is 2.26. The molecule has 1 aromatic rings. The van der Waals surface area contributed by atoms with Crippen molar-refractivity contribution in [3.8, 4) is 5.75 Å². The Morgan fingerprint density at radius 1 is 1.53 bits per heavy atom. The van der Waals surface area contributed by atoms with E-state index in [-0.39, 0.29) is 17.7 Å². The minimum absolute atomic E-state index is 0.0108. The molecule has 1 aromatic carbocycles. The first kappa shape index (κ1) is 13.4. The molecule has 0 aliphatic carbocycles. The van der Waals surface area contributed by atoms with Crippen molar-refractivity contribution in [1.29, 1.82) is 5.41 Å². The normalized spacial score (nSPS) is 19.0. The van der Waals surface area contributed by atoms with Gasteiger partial charge in [-0.3, -0.25) is 10.2 Å². The maximum Gasteiger partial charge on any atom is 0.254 e. The van der Waals surface area contributed by atoms with Crippen LogP contribution >= 0.6 is 0 Å². The van der Waals surface area contributed by atoms with Crippen molar-refractivity contribution in [3.63, 3.8) is 0 Å². The van der Waals surface area contributed by atoms with Crippen LogP contribution in [0.25, 0.3) is 0 Å². The van der Waals surface area contributed by atoms with Crippen LogP contribution in [-0.2, 0) is 0 Å². The van der Waals surface area contributed by atoms with Crippen LogP contribution in [0.4, 0.5) is 0 Å². The van der Waals surface area contributed by atoms with Crippen LogP contribution in [0, 0.1) is 11.3 Å². The molecule has 0 spiro atoms. The zero-order valence-electron chi connectivity index (χ0n) is 11.1. The van der Waals surface area contributed by atoms with Gasteiger partial charge < -0.3 is 15.4 Å². The second-order valence-electron chi connectivity index (χ2n) is 4.78. The van der Waals surface area contributed by atoms with Gasteiger partial charge in [0.25, 0.3) is 5.91 Å². The molecule has 102 valence electrons. The molecular weight excluding hydrogens is 242 g/mol. The maximum atomic E-state index is 12.4. The van der Waals surface area contributed by atoms with E-state index in [1.807, 2.05) is 6.07 Å². The largest absolute Gasteiger partial charge is 0.497 e. The summed E-state index contributed by atoms with van der Waals surface area (Å²) in [5.74, 6) is 0.808. The number of nitrogens with zero attached hydrogens (tertiary/aromatic N) is 1. The van der Waals surface area contributed by atoms with E-state index >= 15 is 0 Å². The highest BCUT2D eigenvalue weighted by Crippen LogP contribution is 2.20. The number of likely N-dealkylation sites (tertiary alicyclic amines) is 1. The van der Waals surface area contributed by atoms with Crippen LogP contribution in [0.2, 0.25) is 0 Å². The summed E-state index contributed by atoms with van der Waals surface area (Å²) in [6.45, 7) is 1.26. The van der Waals surface area contributed by atoms with E-state index in [1.165, 1.54) is 0 Å². The van der Waals surface area contributed by atoms with Gasteiger partial charge in [0.2, 0.25) is 0 Å². The standard InChI is InChI=1S/C14H19N3O2/c1-19-12-6-2-4-10(8-12)14(18)17-7-3-5-11(9-17)13(15)16/h2,4,6,8,11H,3,5,7,9H2,1H3,(H3,15,16)/t11-/m0/s1. The van der Waals surface area contributed by atoms with Gasteiger partial charge in [-0.15, -0.1) is 0 Å². The molecule has 1 aliphatic heterocycles. The van der Waals surface area contributed by atoms with Crippen molar-refractivity contribution in [1.82, 2.24) is 4.90 Å². The Bertz CT molecular complexity index is 487. The van der Waals surface area contributed by atoms with Crippen molar-refractivity contribution >= 4 is 11.7 Å². The fourth-order valence-corrected chi connectivity index (χ4v) is 2.35. The molecule has 0 bridgehead atoms. The monoisotopic (exact) mass is 261 g/mol. The second-order valence-corrected chi connectivity index (χ2v) is 4.78. The summed E-state index contributed by atoms with van der Waals surface area (Å²) in [4.78, 5) is 14.2. The number of carbonyl (C=O) groups excluding carboxylic acids is 1. The van der Waals surface area contributed by atoms with Crippen molar-refractivity contribution in [2.24, 2.45) is 11.7 Å². The average molecular weight is 261 g/mol. The van der Waals surface area contributed by atoms with E-state index in [0.29, 0.717) is 17.9 Å². The van der Waals surface area contributed by atoms with E-state index in [2.05, 4.69) is 0 Å². The summed E-state index contributed by atoms with van der Waals surface area (Å²) in [5.41, 5.74) is 6.15. The van der Waals surface area contributed by atoms with Gasteiger partial charge in [0, 0.05) is 24.6 Å². The topological polar surface area (TPSA) is 79.4 Å². The molecule has 1 amide bonds. The fraction of sp³-hybridized carbons (Fsp3) is 0.429. The Kier molecular flexibility index (Phi) is 4.04. The summed E-state index contributed by atoms with van der Waals surface area (Å²) in [6.07, 6.45) is 1.77. The van der Waals surface area contributed by atoms with Crippen LogP contribution in [0.3, 0.4) is 0 Å². The quantitative estimate of drug-likeness (QED) is 0.639. The zero-order chi connectivity index (χ0) is 13.8. The Hall–Kier alpha value is -2.04. The van der Waals surface area contributed by atoms with Crippen LogP contribution in [-0.4, -0.2) is 36.8 Å². The molecule has 1 saturated heterocycles. The van der Waals surface area contributed by atoms with E-state index in [9.17, 15) is 4.79 Å². The molecule has 3 N–H and O–H groups in total. The van der Waals surface area contributed by atoms with Crippen LogP contribution < -0.4 is 10.5 Å². The fourth-order valence-electron chi connectivity index (χ4n) is 2.35. The molecule has 1 heterocycles. The van der Waals surface area contributed by atoms with Gasteiger partial charge in [-0.25, -0.2) is 0 Å². The highest BCUT2D eigenvalue weighted by atomic mass is 16.5. The molecule has 5 heteroatoms. The van der Waals surface area contributed by atoms with Crippen molar-refractivity contribution in [2.45, 2.75) is 12.8 Å². The molecule has 0 aromatic heterocycles. The van der Waals surface area contributed by atoms with E-state index in [0.717, 1.165) is 19.4 Å². The minimum atomic E-state index is -0.0233. The number of methoxy groups -OCH3 is 1. The van der Waals surface area contributed by atoms with Crippen LogP contribution in [0.15, 0.2) is 24.3 Å². The lowest BCUT2D eigenvalue weighted by atomic mass is 9.96. The summed E-state index contributed by atoms with van der Waals surface area (Å²) in [6, 6.07) is 7.13. The number of hydrogen-bond acceptors (Lipinski definition) is 3. The van der Waals surface area contributed by atoms with E-state index in [4.69, 9.17) is 15.9 Å². The number of amides is 1. The average Bonchev–Trinajstić information content (AvgIpc) is 2.46. The number of carbonyl (C=O) groups is 1. The second kappa shape index (κ2) is 5.73. The molecule has 0 radical (unpaired) electrons. The van der Waals surface area contributed by atoms with Crippen molar-refractivity contribution in [2.75, 3.05) is 20.2 Å². The van der Waals surface area contributed by atoms with E-state index in [1.54, 1.807) is 30.2 Å². The first-order valence-corrected chi connectivity index (χ1v) is 6.39. The summed E-state index contributed by atoms with van der Waals surface area (Å²) in [7, 11) is 1.58. The van der Waals surface area contributed by atoms with Crippen LogP contribution in [0.5, 0.6) is 5.75 Å². The maximum absolute atomic E-state index is 12.4. The third-order valence-electron chi connectivity index (χ3n) is 3.47. The molecule has 1 atom stereocenters. The van der Waals surface area contributed by atoms with Gasteiger partial charge in [-0.1, -0.05) is 6.07 Å². The third kappa shape index (κ3) is 3.05.